The van der Waals surface area contributed by atoms with Gasteiger partial charge in [-0.05, 0) is 12.1 Å². The summed E-state index contributed by atoms with van der Waals surface area (Å²) < 4.78 is 6.73. The van der Waals surface area contributed by atoms with E-state index in [1.54, 1.807) is 29.9 Å². The van der Waals surface area contributed by atoms with Gasteiger partial charge in [0.1, 0.15) is 0 Å². The van der Waals surface area contributed by atoms with Crippen molar-refractivity contribution in [2.24, 2.45) is 7.05 Å². The highest BCUT2D eigenvalue weighted by atomic mass is 16.6. The summed E-state index contributed by atoms with van der Waals surface area (Å²) in [6.07, 6.45) is 1.68. The molecular weight excluding hydrogens is 224 g/mol. The van der Waals surface area contributed by atoms with Crippen LogP contribution in [0.4, 0.5) is 5.69 Å². The Morgan fingerprint density at radius 1 is 1.53 bits per heavy atom. The van der Waals surface area contributed by atoms with Gasteiger partial charge in [-0.1, -0.05) is 0 Å². The molecule has 1 aromatic heterocycles. The molecule has 0 saturated heterocycles. The lowest BCUT2D eigenvalue weighted by molar-refractivity contribution is -0.384. The molecule has 1 aromatic carbocycles. The maximum atomic E-state index is 11.1. The number of rotatable bonds is 3. The maximum absolute atomic E-state index is 11.1. The summed E-state index contributed by atoms with van der Waals surface area (Å²) in [5.74, 6) is 0.198. The smallest absolute Gasteiger partial charge is 0.320 e. The van der Waals surface area contributed by atoms with E-state index in [0.29, 0.717) is 16.5 Å². The molecule has 0 radical (unpaired) electrons. The van der Waals surface area contributed by atoms with Crippen molar-refractivity contribution in [2.45, 2.75) is 6.61 Å². The number of ether oxygens (including phenoxy) is 1. The van der Waals surface area contributed by atoms with Crippen molar-refractivity contribution in [1.29, 1.82) is 0 Å². The van der Waals surface area contributed by atoms with E-state index in [0.717, 1.165) is 0 Å². The van der Waals surface area contributed by atoms with Gasteiger partial charge in [-0.3, -0.25) is 10.1 Å². The highest BCUT2D eigenvalue weighted by Gasteiger charge is 2.23. The Balaban J connectivity index is 2.92. The van der Waals surface area contributed by atoms with Crippen molar-refractivity contribution < 1.29 is 14.8 Å². The first-order valence-electron chi connectivity index (χ1n) is 5.00. The van der Waals surface area contributed by atoms with E-state index in [4.69, 9.17) is 4.74 Å². The summed E-state index contributed by atoms with van der Waals surface area (Å²) in [5, 5.41) is 20.8. The summed E-state index contributed by atoms with van der Waals surface area (Å²) in [4.78, 5) is 10.6. The third kappa shape index (κ3) is 1.62. The number of benzene rings is 1. The number of aryl methyl sites for hydroxylation is 1. The molecular formula is C11H12N2O4. The summed E-state index contributed by atoms with van der Waals surface area (Å²) in [6, 6.07) is 3.29. The van der Waals surface area contributed by atoms with Crippen molar-refractivity contribution in [2.75, 3.05) is 7.11 Å². The number of hydrogen-bond acceptors (Lipinski definition) is 4. The number of nitro benzene ring substituents is 1. The number of aromatic nitrogens is 1. The van der Waals surface area contributed by atoms with E-state index >= 15 is 0 Å². The van der Waals surface area contributed by atoms with Crippen LogP contribution >= 0.6 is 0 Å². The molecule has 0 bridgehead atoms. The number of hydrogen-bond donors (Lipinski definition) is 1. The standard InChI is InChI=1S/C11H12N2O4/c1-12-5-7(6-14)10-8(12)3-4-9(17-2)11(10)13(15)16/h3-5,14H,6H2,1-2H3. The minimum atomic E-state index is -0.486. The Bertz CT molecular complexity index is 589. The van der Waals surface area contributed by atoms with Gasteiger partial charge in [0.25, 0.3) is 0 Å². The molecule has 0 spiro atoms. The van der Waals surface area contributed by atoms with Crippen LogP contribution in [0.2, 0.25) is 0 Å². The molecule has 2 aromatic rings. The van der Waals surface area contributed by atoms with Crippen LogP contribution in [-0.2, 0) is 13.7 Å². The van der Waals surface area contributed by atoms with Crippen LogP contribution in [0, 0.1) is 10.1 Å². The largest absolute Gasteiger partial charge is 0.490 e. The lowest BCUT2D eigenvalue weighted by atomic mass is 10.1. The van der Waals surface area contributed by atoms with Gasteiger partial charge in [0.05, 0.1) is 29.5 Å². The Hall–Kier alpha value is -2.08. The molecule has 1 heterocycles. The zero-order valence-electron chi connectivity index (χ0n) is 9.51. The second-order valence-electron chi connectivity index (χ2n) is 3.69. The summed E-state index contributed by atoms with van der Waals surface area (Å²) >= 11 is 0. The number of nitrogens with zero attached hydrogens (tertiary/aromatic N) is 2. The predicted octanol–water partition coefficient (Wildman–Crippen LogP) is 1.59. The van der Waals surface area contributed by atoms with Crippen LogP contribution in [0.1, 0.15) is 5.56 Å². The summed E-state index contributed by atoms with van der Waals surface area (Å²) in [6.45, 7) is -0.245. The first kappa shape index (κ1) is 11.4. The van der Waals surface area contributed by atoms with Gasteiger partial charge >= 0.3 is 5.69 Å². The molecule has 0 fully saturated rings. The molecule has 90 valence electrons. The van der Waals surface area contributed by atoms with Crippen LogP contribution < -0.4 is 4.74 Å². The Kier molecular flexibility index (Phi) is 2.72. The number of methoxy groups -OCH3 is 1. The highest BCUT2D eigenvalue weighted by molar-refractivity contribution is 5.95. The van der Waals surface area contributed by atoms with Crippen molar-refractivity contribution in [1.82, 2.24) is 4.57 Å². The SMILES string of the molecule is COc1ccc2c(c(CO)cn2C)c1[N+](=O)[O-]. The molecule has 0 atom stereocenters. The highest BCUT2D eigenvalue weighted by Crippen LogP contribution is 2.37. The second kappa shape index (κ2) is 4.06. The third-order valence-corrected chi connectivity index (χ3v) is 2.74. The topological polar surface area (TPSA) is 77.5 Å². The number of aliphatic hydroxyl groups excluding tert-OH is 1. The fraction of sp³-hybridized carbons (Fsp3) is 0.273. The fourth-order valence-corrected chi connectivity index (χ4v) is 2.01. The maximum Gasteiger partial charge on any atom is 0.320 e. The average Bonchev–Trinajstić information content (AvgIpc) is 2.64. The lowest BCUT2D eigenvalue weighted by Gasteiger charge is -2.04. The fourth-order valence-electron chi connectivity index (χ4n) is 2.01. The molecule has 1 N–H and O–H groups in total. The third-order valence-electron chi connectivity index (χ3n) is 2.74. The normalized spacial score (nSPS) is 10.8. The van der Waals surface area contributed by atoms with Crippen LogP contribution in [0.15, 0.2) is 18.3 Å². The molecule has 6 heteroatoms. The Morgan fingerprint density at radius 3 is 2.76 bits per heavy atom. The van der Waals surface area contributed by atoms with Crippen molar-refractivity contribution in [3.8, 4) is 5.75 Å². The van der Waals surface area contributed by atoms with Crippen molar-refractivity contribution in [3.63, 3.8) is 0 Å². The first-order chi connectivity index (χ1) is 8.10. The van der Waals surface area contributed by atoms with Crippen LogP contribution in [0.25, 0.3) is 10.9 Å². The minimum absolute atomic E-state index is 0.102. The van der Waals surface area contributed by atoms with E-state index in [-0.39, 0.29) is 18.0 Å². The van der Waals surface area contributed by atoms with Gasteiger partial charge in [0, 0.05) is 18.8 Å². The molecule has 0 saturated carbocycles. The summed E-state index contributed by atoms with van der Waals surface area (Å²) in [7, 11) is 3.16. The number of nitro groups is 1. The zero-order chi connectivity index (χ0) is 12.6. The van der Waals surface area contributed by atoms with Gasteiger partial charge < -0.3 is 14.4 Å². The second-order valence-corrected chi connectivity index (χ2v) is 3.69. The van der Waals surface area contributed by atoms with Gasteiger partial charge in [0.15, 0.2) is 5.75 Å². The number of fused-ring (bicyclic) bond motifs is 1. The molecule has 2 rings (SSSR count). The zero-order valence-corrected chi connectivity index (χ0v) is 9.51. The van der Waals surface area contributed by atoms with Gasteiger partial charge in [-0.25, -0.2) is 0 Å². The van der Waals surface area contributed by atoms with Gasteiger partial charge in [-0.15, -0.1) is 0 Å². The molecule has 6 nitrogen and oxygen atoms in total. The van der Waals surface area contributed by atoms with E-state index in [9.17, 15) is 15.2 Å². The minimum Gasteiger partial charge on any atom is -0.490 e. The first-order valence-corrected chi connectivity index (χ1v) is 5.00. The predicted molar refractivity (Wildman–Crippen MR) is 62.0 cm³/mol. The molecule has 0 aliphatic carbocycles. The Morgan fingerprint density at radius 2 is 2.24 bits per heavy atom. The molecule has 0 amide bonds. The number of aliphatic hydroxyl groups is 1. The van der Waals surface area contributed by atoms with Crippen molar-refractivity contribution in [3.05, 3.63) is 34.0 Å². The average molecular weight is 236 g/mol. The van der Waals surface area contributed by atoms with E-state index in [2.05, 4.69) is 0 Å². The quantitative estimate of drug-likeness (QED) is 0.648. The van der Waals surface area contributed by atoms with Crippen LogP contribution in [0.3, 0.4) is 0 Å². The van der Waals surface area contributed by atoms with E-state index in [1.165, 1.54) is 7.11 Å². The summed E-state index contributed by atoms with van der Waals surface area (Å²) in [5.41, 5.74) is 1.12. The molecule has 0 unspecified atom stereocenters. The van der Waals surface area contributed by atoms with E-state index < -0.39 is 4.92 Å². The van der Waals surface area contributed by atoms with Crippen LogP contribution in [-0.4, -0.2) is 21.7 Å². The molecule has 0 aliphatic rings. The monoisotopic (exact) mass is 236 g/mol. The molecule has 17 heavy (non-hydrogen) atoms. The van der Waals surface area contributed by atoms with Gasteiger partial charge in [-0.2, -0.15) is 0 Å². The molecule has 0 aliphatic heterocycles. The van der Waals surface area contributed by atoms with Gasteiger partial charge in [0.2, 0.25) is 0 Å². The lowest BCUT2D eigenvalue weighted by Crippen LogP contribution is -1.96. The Labute approximate surface area is 97.2 Å². The van der Waals surface area contributed by atoms with Crippen LogP contribution in [0.5, 0.6) is 5.75 Å². The van der Waals surface area contributed by atoms with Crippen molar-refractivity contribution >= 4 is 16.6 Å². The van der Waals surface area contributed by atoms with E-state index in [1.807, 2.05) is 0 Å².